The molecule has 0 bridgehead atoms. The van der Waals surface area contributed by atoms with E-state index in [1.165, 1.54) is 0 Å². The fraction of sp³-hybridized carbons (Fsp3) is 0.111. The topological polar surface area (TPSA) is 18.5 Å². The molecule has 2 aromatic rings. The zero-order valence-corrected chi connectivity index (χ0v) is 11.2. The molecule has 0 atom stereocenters. The fourth-order valence-corrected chi connectivity index (χ4v) is 2.08. The molecule has 2 nitrogen and oxygen atoms in total. The highest BCUT2D eigenvalue weighted by Crippen LogP contribution is 2.32. The Balaban J connectivity index is 1.97. The number of hydrogen-bond acceptors (Lipinski definition) is 2. The maximum Gasteiger partial charge on any atom is 0.128 e. The van der Waals surface area contributed by atoms with Crippen LogP contribution >= 0.6 is 0 Å². The second kappa shape index (κ2) is 5.54. The molecule has 1 heterocycles. The summed E-state index contributed by atoms with van der Waals surface area (Å²) >= 11 is 0. The van der Waals surface area contributed by atoms with Crippen molar-refractivity contribution in [3.8, 4) is 23.3 Å². The van der Waals surface area contributed by atoms with Gasteiger partial charge in [-0.2, -0.15) is 0 Å². The summed E-state index contributed by atoms with van der Waals surface area (Å²) in [6, 6.07) is 15.7. The Morgan fingerprint density at radius 3 is 2.70 bits per heavy atom. The van der Waals surface area contributed by atoms with Crippen molar-refractivity contribution >= 4 is 5.57 Å². The van der Waals surface area contributed by atoms with Crippen LogP contribution in [0.1, 0.15) is 11.1 Å². The van der Waals surface area contributed by atoms with Crippen LogP contribution in [0.25, 0.3) is 5.57 Å². The molecule has 2 aromatic carbocycles. The van der Waals surface area contributed by atoms with E-state index in [0.717, 1.165) is 28.2 Å². The van der Waals surface area contributed by atoms with Gasteiger partial charge in [0.05, 0.1) is 7.11 Å². The first kappa shape index (κ1) is 12.4. The molecule has 0 amide bonds. The van der Waals surface area contributed by atoms with Crippen molar-refractivity contribution in [2.24, 2.45) is 0 Å². The van der Waals surface area contributed by atoms with Crippen LogP contribution in [0.3, 0.4) is 0 Å². The quantitative estimate of drug-likeness (QED) is 0.732. The first-order valence-corrected chi connectivity index (χ1v) is 6.45. The molecule has 3 rings (SSSR count). The van der Waals surface area contributed by atoms with E-state index in [2.05, 4.69) is 11.8 Å². The minimum Gasteiger partial charge on any atom is -0.497 e. The Bertz CT molecular complexity index is 703. The molecule has 0 aliphatic carbocycles. The average Bonchev–Trinajstić information content (AvgIpc) is 2.53. The highest BCUT2D eigenvalue weighted by atomic mass is 16.5. The van der Waals surface area contributed by atoms with Crippen LogP contribution in [-0.2, 0) is 0 Å². The van der Waals surface area contributed by atoms with E-state index in [1.807, 2.05) is 54.6 Å². The SMILES string of the molecule is COc1ccc2c(c1)C(C#Cc1ccccc1)=CCO2. The lowest BCUT2D eigenvalue weighted by atomic mass is 10.0. The summed E-state index contributed by atoms with van der Waals surface area (Å²) in [6.45, 7) is 0.554. The first-order valence-electron chi connectivity index (χ1n) is 6.45. The maximum atomic E-state index is 5.61. The predicted octanol–water partition coefficient (Wildman–Crippen LogP) is 3.52. The Morgan fingerprint density at radius 2 is 1.90 bits per heavy atom. The maximum absolute atomic E-state index is 5.61. The van der Waals surface area contributed by atoms with Gasteiger partial charge in [-0.15, -0.1) is 0 Å². The van der Waals surface area contributed by atoms with Gasteiger partial charge < -0.3 is 9.47 Å². The Morgan fingerprint density at radius 1 is 1.05 bits per heavy atom. The van der Waals surface area contributed by atoms with Gasteiger partial charge >= 0.3 is 0 Å². The molecule has 0 saturated heterocycles. The molecule has 0 aromatic heterocycles. The van der Waals surface area contributed by atoms with Crippen LogP contribution in [0.4, 0.5) is 0 Å². The monoisotopic (exact) mass is 262 g/mol. The number of rotatable bonds is 1. The van der Waals surface area contributed by atoms with Gasteiger partial charge in [0.2, 0.25) is 0 Å². The summed E-state index contributed by atoms with van der Waals surface area (Å²) in [5.74, 6) is 8.06. The largest absolute Gasteiger partial charge is 0.497 e. The number of methoxy groups -OCH3 is 1. The minimum atomic E-state index is 0.554. The van der Waals surface area contributed by atoms with Gasteiger partial charge in [0.1, 0.15) is 18.1 Å². The highest BCUT2D eigenvalue weighted by Gasteiger charge is 2.13. The van der Waals surface area contributed by atoms with E-state index in [1.54, 1.807) is 7.11 Å². The van der Waals surface area contributed by atoms with Crippen molar-refractivity contribution in [3.63, 3.8) is 0 Å². The van der Waals surface area contributed by atoms with Crippen molar-refractivity contribution in [3.05, 3.63) is 65.7 Å². The van der Waals surface area contributed by atoms with E-state index in [4.69, 9.17) is 9.47 Å². The van der Waals surface area contributed by atoms with Crippen LogP contribution < -0.4 is 9.47 Å². The fourth-order valence-electron chi connectivity index (χ4n) is 2.08. The van der Waals surface area contributed by atoms with Crippen LogP contribution in [0.2, 0.25) is 0 Å². The van der Waals surface area contributed by atoms with Crippen molar-refractivity contribution in [1.82, 2.24) is 0 Å². The smallest absolute Gasteiger partial charge is 0.128 e. The Kier molecular flexibility index (Phi) is 3.43. The summed E-state index contributed by atoms with van der Waals surface area (Å²) in [7, 11) is 1.66. The van der Waals surface area contributed by atoms with Crippen LogP contribution in [0.5, 0.6) is 11.5 Å². The third-order valence-corrected chi connectivity index (χ3v) is 3.12. The summed E-state index contributed by atoms with van der Waals surface area (Å²) in [5, 5.41) is 0. The van der Waals surface area contributed by atoms with E-state index in [0.29, 0.717) is 6.61 Å². The molecule has 0 spiro atoms. The molecule has 1 aliphatic heterocycles. The second-order valence-electron chi connectivity index (χ2n) is 4.41. The molecule has 0 radical (unpaired) electrons. The normalized spacial score (nSPS) is 12.3. The average molecular weight is 262 g/mol. The zero-order chi connectivity index (χ0) is 13.8. The summed E-state index contributed by atoms with van der Waals surface area (Å²) in [4.78, 5) is 0. The summed E-state index contributed by atoms with van der Waals surface area (Å²) in [5.41, 5.74) is 2.97. The molecule has 98 valence electrons. The molecule has 1 aliphatic rings. The second-order valence-corrected chi connectivity index (χ2v) is 4.41. The number of ether oxygens (including phenoxy) is 2. The van der Waals surface area contributed by atoms with Gasteiger partial charge in [-0.3, -0.25) is 0 Å². The molecule has 0 unspecified atom stereocenters. The first-order chi connectivity index (χ1) is 9.86. The molecule has 0 N–H and O–H groups in total. The van der Waals surface area contributed by atoms with Crippen molar-refractivity contribution in [1.29, 1.82) is 0 Å². The lowest BCUT2D eigenvalue weighted by Crippen LogP contribution is -2.04. The number of hydrogen-bond donors (Lipinski definition) is 0. The Hall–Kier alpha value is -2.66. The predicted molar refractivity (Wildman–Crippen MR) is 79.8 cm³/mol. The van der Waals surface area contributed by atoms with Crippen molar-refractivity contribution in [2.45, 2.75) is 0 Å². The van der Waals surface area contributed by atoms with E-state index < -0.39 is 0 Å². The molecule has 2 heteroatoms. The lowest BCUT2D eigenvalue weighted by Gasteiger charge is -2.16. The van der Waals surface area contributed by atoms with Crippen molar-refractivity contribution < 1.29 is 9.47 Å². The molecular weight excluding hydrogens is 248 g/mol. The molecular formula is C18H14O2. The molecule has 0 saturated carbocycles. The van der Waals surface area contributed by atoms with Gasteiger partial charge in [0, 0.05) is 16.7 Å². The molecule has 0 fully saturated rings. The zero-order valence-electron chi connectivity index (χ0n) is 11.2. The van der Waals surface area contributed by atoms with Gasteiger partial charge in [-0.25, -0.2) is 0 Å². The van der Waals surface area contributed by atoms with Crippen molar-refractivity contribution in [2.75, 3.05) is 13.7 Å². The van der Waals surface area contributed by atoms with E-state index in [9.17, 15) is 0 Å². The summed E-state index contributed by atoms with van der Waals surface area (Å²) in [6.07, 6.45) is 2.00. The van der Waals surface area contributed by atoms with Gasteiger partial charge in [-0.1, -0.05) is 30.0 Å². The molecule has 20 heavy (non-hydrogen) atoms. The Labute approximate surface area is 118 Å². The third-order valence-electron chi connectivity index (χ3n) is 3.12. The van der Waals surface area contributed by atoms with Gasteiger partial charge in [0.15, 0.2) is 0 Å². The third kappa shape index (κ3) is 2.53. The number of allylic oxidation sites excluding steroid dienone is 1. The standard InChI is InChI=1S/C18H14O2/c1-19-16-9-10-18-17(13-16)15(11-12-20-18)8-7-14-5-3-2-4-6-14/h2-6,9-11,13H,12H2,1H3. The lowest BCUT2D eigenvalue weighted by molar-refractivity contribution is 0.355. The van der Waals surface area contributed by atoms with Crippen LogP contribution in [-0.4, -0.2) is 13.7 Å². The van der Waals surface area contributed by atoms with E-state index in [-0.39, 0.29) is 0 Å². The van der Waals surface area contributed by atoms with Crippen LogP contribution in [0.15, 0.2) is 54.6 Å². The van der Waals surface area contributed by atoms with Crippen LogP contribution in [0, 0.1) is 11.8 Å². The minimum absolute atomic E-state index is 0.554. The van der Waals surface area contributed by atoms with Gasteiger partial charge in [-0.05, 0) is 36.4 Å². The number of fused-ring (bicyclic) bond motifs is 1. The number of benzene rings is 2. The summed E-state index contributed by atoms with van der Waals surface area (Å²) < 4.78 is 10.9. The van der Waals surface area contributed by atoms with E-state index >= 15 is 0 Å². The highest BCUT2D eigenvalue weighted by molar-refractivity contribution is 5.84. The van der Waals surface area contributed by atoms with Gasteiger partial charge in [0.25, 0.3) is 0 Å².